The van der Waals surface area contributed by atoms with Crippen molar-refractivity contribution >= 4 is 5.91 Å². The van der Waals surface area contributed by atoms with Gasteiger partial charge in [-0.1, -0.05) is 49.6 Å². The molecule has 0 spiro atoms. The number of carbonyl (C=O) groups is 1. The zero-order chi connectivity index (χ0) is 22.8. The highest BCUT2D eigenvalue weighted by molar-refractivity contribution is 5.84. The third-order valence-electron chi connectivity index (χ3n) is 7.93. The van der Waals surface area contributed by atoms with Gasteiger partial charge in [0.15, 0.2) is 0 Å². The number of benzene rings is 1. The van der Waals surface area contributed by atoms with Crippen molar-refractivity contribution in [2.24, 2.45) is 5.92 Å². The van der Waals surface area contributed by atoms with Crippen molar-refractivity contribution in [2.45, 2.75) is 76.8 Å². The molecule has 0 unspecified atom stereocenters. The zero-order valence-corrected chi connectivity index (χ0v) is 19.8. The van der Waals surface area contributed by atoms with E-state index < -0.39 is 0 Å². The van der Waals surface area contributed by atoms with Crippen LogP contribution in [0.4, 0.5) is 0 Å². The second kappa shape index (κ2) is 9.80. The van der Waals surface area contributed by atoms with Gasteiger partial charge in [0.2, 0.25) is 5.91 Å². The van der Waals surface area contributed by atoms with Gasteiger partial charge in [0, 0.05) is 31.7 Å². The molecule has 5 rings (SSSR count). The summed E-state index contributed by atoms with van der Waals surface area (Å²) in [7, 11) is 0. The van der Waals surface area contributed by atoms with Crippen LogP contribution >= 0.6 is 0 Å². The SMILES string of the molecule is C[C@@H](C(=O)N1CCC[C@H]1c1nc2c(c(=O)[nH]1)CCN(CC1CCCCC1)C2)c1ccccc1. The van der Waals surface area contributed by atoms with Crippen LogP contribution in [0.5, 0.6) is 0 Å². The lowest BCUT2D eigenvalue weighted by Crippen LogP contribution is -2.40. The molecule has 1 aromatic heterocycles. The summed E-state index contributed by atoms with van der Waals surface area (Å²) in [6, 6.07) is 9.79. The van der Waals surface area contributed by atoms with Crippen LogP contribution in [-0.4, -0.2) is 45.3 Å². The lowest BCUT2D eigenvalue weighted by Gasteiger charge is -2.33. The van der Waals surface area contributed by atoms with Crippen molar-refractivity contribution < 1.29 is 4.79 Å². The minimum absolute atomic E-state index is 0.0114. The van der Waals surface area contributed by atoms with Crippen molar-refractivity contribution in [1.82, 2.24) is 19.8 Å². The summed E-state index contributed by atoms with van der Waals surface area (Å²) in [5.41, 5.74) is 2.78. The second-order valence-electron chi connectivity index (χ2n) is 10.2. The minimum Gasteiger partial charge on any atom is -0.332 e. The predicted octanol–water partition coefficient (Wildman–Crippen LogP) is 4.18. The Bertz CT molecular complexity index is 1030. The van der Waals surface area contributed by atoms with Crippen molar-refractivity contribution in [3.05, 3.63) is 63.3 Å². The van der Waals surface area contributed by atoms with Crippen molar-refractivity contribution in [3.63, 3.8) is 0 Å². The van der Waals surface area contributed by atoms with E-state index in [0.29, 0.717) is 5.82 Å². The van der Waals surface area contributed by atoms with Gasteiger partial charge < -0.3 is 9.88 Å². The van der Waals surface area contributed by atoms with E-state index in [9.17, 15) is 9.59 Å². The van der Waals surface area contributed by atoms with Gasteiger partial charge in [-0.25, -0.2) is 4.98 Å². The van der Waals surface area contributed by atoms with E-state index in [1.807, 2.05) is 42.2 Å². The number of fused-ring (bicyclic) bond motifs is 1. The lowest BCUT2D eigenvalue weighted by atomic mass is 9.88. The van der Waals surface area contributed by atoms with Gasteiger partial charge in [-0.05, 0) is 50.5 Å². The molecular weight excluding hydrogens is 412 g/mol. The first-order valence-electron chi connectivity index (χ1n) is 12.8. The summed E-state index contributed by atoms with van der Waals surface area (Å²) in [6.45, 7) is 5.50. The molecule has 2 aromatic rings. The first-order valence-corrected chi connectivity index (χ1v) is 12.8. The number of aromatic nitrogens is 2. The molecule has 1 aliphatic carbocycles. The van der Waals surface area contributed by atoms with Crippen LogP contribution in [0.25, 0.3) is 0 Å². The summed E-state index contributed by atoms with van der Waals surface area (Å²) < 4.78 is 0. The van der Waals surface area contributed by atoms with E-state index in [4.69, 9.17) is 4.98 Å². The molecule has 0 radical (unpaired) electrons. The Morgan fingerprint density at radius 1 is 1.09 bits per heavy atom. The number of aromatic amines is 1. The third-order valence-corrected chi connectivity index (χ3v) is 7.93. The molecule has 1 N–H and O–H groups in total. The standard InChI is InChI=1S/C27H36N4O2/c1-19(21-11-6-3-7-12-21)27(33)31-15-8-13-24(31)25-28-23-18-30(16-14-22(23)26(32)29-25)17-20-9-4-2-5-10-20/h3,6-7,11-12,19-20,24H,2,4-5,8-10,13-18H2,1H3,(H,28,29,32)/t19-,24+/m1/s1. The van der Waals surface area contributed by atoms with Crippen LogP contribution < -0.4 is 5.56 Å². The topological polar surface area (TPSA) is 69.3 Å². The molecule has 1 aromatic carbocycles. The summed E-state index contributed by atoms with van der Waals surface area (Å²) in [6.07, 6.45) is 9.29. The number of likely N-dealkylation sites (tertiary alicyclic amines) is 1. The van der Waals surface area contributed by atoms with Gasteiger partial charge in [-0.3, -0.25) is 14.5 Å². The molecule has 6 nitrogen and oxygen atoms in total. The van der Waals surface area contributed by atoms with Crippen LogP contribution in [0.2, 0.25) is 0 Å². The minimum atomic E-state index is -0.206. The number of nitrogens with one attached hydrogen (secondary N) is 1. The number of amides is 1. The van der Waals surface area contributed by atoms with E-state index >= 15 is 0 Å². The smallest absolute Gasteiger partial charge is 0.254 e. The molecule has 176 valence electrons. The first-order chi connectivity index (χ1) is 16.1. The van der Waals surface area contributed by atoms with Gasteiger partial charge in [-0.2, -0.15) is 0 Å². The molecule has 2 aliphatic heterocycles. The molecule has 2 fully saturated rings. The van der Waals surface area contributed by atoms with E-state index in [1.54, 1.807) is 0 Å². The first kappa shape index (κ1) is 22.3. The number of hydrogen-bond acceptors (Lipinski definition) is 4. The predicted molar refractivity (Wildman–Crippen MR) is 129 cm³/mol. The zero-order valence-electron chi connectivity index (χ0n) is 19.8. The quantitative estimate of drug-likeness (QED) is 0.745. The molecule has 1 saturated carbocycles. The molecule has 1 amide bonds. The lowest BCUT2D eigenvalue weighted by molar-refractivity contribution is -0.133. The van der Waals surface area contributed by atoms with Gasteiger partial charge >= 0.3 is 0 Å². The van der Waals surface area contributed by atoms with Gasteiger partial charge in [0.1, 0.15) is 5.82 Å². The van der Waals surface area contributed by atoms with Crippen LogP contribution in [0.3, 0.4) is 0 Å². The van der Waals surface area contributed by atoms with Gasteiger partial charge in [0.25, 0.3) is 5.56 Å². The summed E-state index contributed by atoms with van der Waals surface area (Å²) >= 11 is 0. The fourth-order valence-corrected chi connectivity index (χ4v) is 6.01. The Labute approximate surface area is 196 Å². The average Bonchev–Trinajstić information content (AvgIpc) is 3.34. The van der Waals surface area contributed by atoms with E-state index in [-0.39, 0.29) is 23.4 Å². The fourth-order valence-electron chi connectivity index (χ4n) is 6.01. The maximum absolute atomic E-state index is 13.4. The summed E-state index contributed by atoms with van der Waals surface area (Å²) in [4.78, 5) is 38.8. The van der Waals surface area contributed by atoms with Crippen molar-refractivity contribution in [2.75, 3.05) is 19.6 Å². The Balaban J connectivity index is 1.34. The third kappa shape index (κ3) is 4.77. The average molecular weight is 449 g/mol. The number of carbonyl (C=O) groups excluding carboxylic acids is 1. The number of nitrogens with zero attached hydrogens (tertiary/aromatic N) is 3. The molecular formula is C27H36N4O2. The highest BCUT2D eigenvalue weighted by atomic mass is 16.2. The van der Waals surface area contributed by atoms with Crippen LogP contribution in [0.15, 0.2) is 35.1 Å². The molecule has 6 heteroatoms. The largest absolute Gasteiger partial charge is 0.332 e. The summed E-state index contributed by atoms with van der Waals surface area (Å²) in [5.74, 6) is 1.36. The van der Waals surface area contributed by atoms with Gasteiger partial charge in [-0.15, -0.1) is 0 Å². The van der Waals surface area contributed by atoms with E-state index in [2.05, 4.69) is 9.88 Å². The Morgan fingerprint density at radius 2 is 1.88 bits per heavy atom. The monoisotopic (exact) mass is 448 g/mol. The van der Waals surface area contributed by atoms with E-state index in [0.717, 1.165) is 68.2 Å². The molecule has 3 aliphatic rings. The number of H-pyrrole nitrogens is 1. The Kier molecular flexibility index (Phi) is 6.63. The highest BCUT2D eigenvalue weighted by Crippen LogP contribution is 2.33. The maximum atomic E-state index is 13.4. The van der Waals surface area contributed by atoms with Gasteiger partial charge in [0.05, 0.1) is 17.7 Å². The maximum Gasteiger partial charge on any atom is 0.254 e. The van der Waals surface area contributed by atoms with Crippen LogP contribution in [0.1, 0.15) is 86.5 Å². The van der Waals surface area contributed by atoms with Crippen LogP contribution in [0, 0.1) is 5.92 Å². The molecule has 33 heavy (non-hydrogen) atoms. The second-order valence-corrected chi connectivity index (χ2v) is 10.2. The van der Waals surface area contributed by atoms with Crippen molar-refractivity contribution in [1.29, 1.82) is 0 Å². The molecule has 1 saturated heterocycles. The van der Waals surface area contributed by atoms with Crippen LogP contribution in [-0.2, 0) is 17.8 Å². The van der Waals surface area contributed by atoms with E-state index in [1.165, 1.54) is 32.1 Å². The normalized spacial score (nSPS) is 22.8. The highest BCUT2D eigenvalue weighted by Gasteiger charge is 2.35. The molecule has 2 atom stereocenters. The Hall–Kier alpha value is -2.47. The molecule has 0 bridgehead atoms. The van der Waals surface area contributed by atoms with Crippen molar-refractivity contribution in [3.8, 4) is 0 Å². The fraction of sp³-hybridized carbons (Fsp3) is 0.593. The molecule has 3 heterocycles. The summed E-state index contributed by atoms with van der Waals surface area (Å²) in [5, 5.41) is 0. The number of hydrogen-bond donors (Lipinski definition) is 1. The number of rotatable bonds is 5. The Morgan fingerprint density at radius 3 is 2.67 bits per heavy atom.